The van der Waals surface area contributed by atoms with E-state index in [9.17, 15) is 9.59 Å². The van der Waals surface area contributed by atoms with Crippen molar-refractivity contribution in [3.05, 3.63) is 30.3 Å². The van der Waals surface area contributed by atoms with E-state index in [0.717, 1.165) is 19.3 Å². The van der Waals surface area contributed by atoms with Crippen LogP contribution in [0.4, 0.5) is 4.79 Å². The highest BCUT2D eigenvalue weighted by atomic mass is 16.5. The molecule has 1 aromatic rings. The molecule has 0 spiro atoms. The number of nitrogens with one attached hydrogen (secondary N) is 1. The molecule has 0 atom stereocenters. The molecule has 1 saturated carbocycles. The number of hydrogen-bond acceptors (Lipinski definition) is 3. The molecular formula is C19H27N3O3. The fourth-order valence-electron chi connectivity index (χ4n) is 3.46. The molecule has 0 aromatic heterocycles. The van der Waals surface area contributed by atoms with Gasteiger partial charge < -0.3 is 19.9 Å². The zero-order valence-corrected chi connectivity index (χ0v) is 14.7. The number of nitrogens with zero attached hydrogens (tertiary/aromatic N) is 2. The summed E-state index contributed by atoms with van der Waals surface area (Å²) in [5, 5.41) is 3.13. The van der Waals surface area contributed by atoms with Crippen molar-refractivity contribution in [1.82, 2.24) is 15.1 Å². The first-order valence-electron chi connectivity index (χ1n) is 9.23. The monoisotopic (exact) mass is 345 g/mol. The van der Waals surface area contributed by atoms with Crippen LogP contribution in [-0.4, -0.2) is 60.6 Å². The highest BCUT2D eigenvalue weighted by molar-refractivity contribution is 5.78. The van der Waals surface area contributed by atoms with Crippen molar-refractivity contribution in [2.45, 2.75) is 38.1 Å². The predicted molar refractivity (Wildman–Crippen MR) is 95.5 cm³/mol. The van der Waals surface area contributed by atoms with Crippen molar-refractivity contribution in [3.8, 4) is 5.75 Å². The highest BCUT2D eigenvalue weighted by Crippen LogP contribution is 2.18. The van der Waals surface area contributed by atoms with Gasteiger partial charge in [-0.2, -0.15) is 0 Å². The number of carbonyl (C=O) groups is 2. The first-order valence-corrected chi connectivity index (χ1v) is 9.23. The quantitative estimate of drug-likeness (QED) is 0.910. The fourth-order valence-corrected chi connectivity index (χ4v) is 3.46. The van der Waals surface area contributed by atoms with Gasteiger partial charge in [0.05, 0.1) is 0 Å². The third-order valence-electron chi connectivity index (χ3n) is 4.92. The van der Waals surface area contributed by atoms with Gasteiger partial charge in [-0.1, -0.05) is 31.0 Å². The molecule has 1 aromatic carbocycles. The molecule has 3 rings (SSSR count). The van der Waals surface area contributed by atoms with E-state index in [1.165, 1.54) is 12.8 Å². The van der Waals surface area contributed by atoms with Gasteiger partial charge in [-0.25, -0.2) is 4.79 Å². The second kappa shape index (κ2) is 8.74. The highest BCUT2D eigenvalue weighted by Gasteiger charge is 2.24. The Morgan fingerprint density at radius 3 is 2.40 bits per heavy atom. The van der Waals surface area contributed by atoms with E-state index in [1.807, 2.05) is 35.2 Å². The summed E-state index contributed by atoms with van der Waals surface area (Å²) in [6, 6.07) is 9.69. The van der Waals surface area contributed by atoms with Crippen LogP contribution in [0, 0.1) is 0 Å². The second-order valence-corrected chi connectivity index (χ2v) is 6.75. The number of rotatable bonds is 4. The van der Waals surface area contributed by atoms with Crippen LogP contribution in [0.25, 0.3) is 0 Å². The van der Waals surface area contributed by atoms with Crippen LogP contribution in [0.1, 0.15) is 32.1 Å². The summed E-state index contributed by atoms with van der Waals surface area (Å²) in [6.45, 7) is 2.55. The van der Waals surface area contributed by atoms with Crippen molar-refractivity contribution >= 4 is 11.9 Å². The van der Waals surface area contributed by atoms with Crippen molar-refractivity contribution in [1.29, 1.82) is 0 Å². The van der Waals surface area contributed by atoms with E-state index in [2.05, 4.69) is 5.32 Å². The molecule has 6 heteroatoms. The molecule has 136 valence electrons. The third-order valence-corrected chi connectivity index (χ3v) is 4.92. The van der Waals surface area contributed by atoms with Gasteiger partial charge >= 0.3 is 6.03 Å². The molecule has 1 N–H and O–H groups in total. The third kappa shape index (κ3) is 5.11. The molecule has 2 fully saturated rings. The molecule has 0 radical (unpaired) electrons. The van der Waals surface area contributed by atoms with Crippen LogP contribution < -0.4 is 10.1 Å². The first kappa shape index (κ1) is 17.6. The summed E-state index contributed by atoms with van der Waals surface area (Å²) in [4.78, 5) is 28.4. The number of hydrogen-bond donors (Lipinski definition) is 1. The Labute approximate surface area is 149 Å². The van der Waals surface area contributed by atoms with Crippen LogP contribution >= 0.6 is 0 Å². The average molecular weight is 345 g/mol. The molecule has 25 heavy (non-hydrogen) atoms. The van der Waals surface area contributed by atoms with Crippen LogP contribution in [0.15, 0.2) is 30.3 Å². The van der Waals surface area contributed by atoms with E-state index in [-0.39, 0.29) is 18.5 Å². The lowest BCUT2D eigenvalue weighted by molar-refractivity contribution is -0.133. The zero-order chi connectivity index (χ0) is 17.5. The number of amides is 3. The number of ether oxygens (including phenoxy) is 1. The Bertz CT molecular complexity index is 573. The second-order valence-electron chi connectivity index (χ2n) is 6.75. The van der Waals surface area contributed by atoms with Gasteiger partial charge in [-0.3, -0.25) is 4.79 Å². The lowest BCUT2D eigenvalue weighted by atomic mass is 10.2. The number of urea groups is 1. The minimum Gasteiger partial charge on any atom is -0.484 e. The van der Waals surface area contributed by atoms with E-state index in [0.29, 0.717) is 38.0 Å². The number of para-hydroxylation sites is 1. The molecule has 0 bridgehead atoms. The largest absolute Gasteiger partial charge is 0.484 e. The van der Waals surface area contributed by atoms with Crippen LogP contribution in [-0.2, 0) is 4.79 Å². The summed E-state index contributed by atoms with van der Waals surface area (Å²) in [7, 11) is 0. The molecule has 1 aliphatic heterocycles. The Morgan fingerprint density at radius 1 is 0.960 bits per heavy atom. The van der Waals surface area contributed by atoms with Crippen LogP contribution in [0.3, 0.4) is 0 Å². The first-order chi connectivity index (χ1) is 12.2. The van der Waals surface area contributed by atoms with Crippen LogP contribution in [0.2, 0.25) is 0 Å². The van der Waals surface area contributed by atoms with Gasteiger partial charge in [0.25, 0.3) is 5.91 Å². The standard InChI is InChI=1S/C19H27N3O3/c23-18(15-25-17-9-2-1-3-10-17)21-11-6-12-22(14-13-21)19(24)20-16-7-4-5-8-16/h1-3,9-10,16H,4-8,11-15H2,(H,20,24). The van der Waals surface area contributed by atoms with E-state index < -0.39 is 0 Å². The van der Waals surface area contributed by atoms with Gasteiger partial charge in [-0.05, 0) is 31.4 Å². The summed E-state index contributed by atoms with van der Waals surface area (Å²) >= 11 is 0. The maximum Gasteiger partial charge on any atom is 0.317 e. The normalized spacial score (nSPS) is 18.7. The maximum atomic E-state index is 12.4. The van der Waals surface area contributed by atoms with Gasteiger partial charge in [-0.15, -0.1) is 0 Å². The SMILES string of the molecule is O=C(COc1ccccc1)N1CCCN(C(=O)NC2CCCC2)CC1. The molecule has 1 saturated heterocycles. The van der Waals surface area contributed by atoms with E-state index in [4.69, 9.17) is 4.74 Å². The summed E-state index contributed by atoms with van der Waals surface area (Å²) in [5.41, 5.74) is 0. The Kier molecular flexibility index (Phi) is 6.14. The lowest BCUT2D eigenvalue weighted by Gasteiger charge is -2.24. The molecule has 6 nitrogen and oxygen atoms in total. The fraction of sp³-hybridized carbons (Fsp3) is 0.579. The lowest BCUT2D eigenvalue weighted by Crippen LogP contribution is -2.46. The molecular weight excluding hydrogens is 318 g/mol. The molecule has 2 aliphatic rings. The number of carbonyl (C=O) groups excluding carboxylic acids is 2. The topological polar surface area (TPSA) is 61.9 Å². The van der Waals surface area contributed by atoms with Gasteiger partial charge in [0.2, 0.25) is 0 Å². The molecule has 1 aliphatic carbocycles. The van der Waals surface area contributed by atoms with Gasteiger partial charge in [0, 0.05) is 32.2 Å². The Morgan fingerprint density at radius 2 is 1.64 bits per heavy atom. The van der Waals surface area contributed by atoms with Crippen molar-refractivity contribution in [2.75, 3.05) is 32.8 Å². The van der Waals surface area contributed by atoms with E-state index in [1.54, 1.807) is 4.90 Å². The minimum absolute atomic E-state index is 0.0155. The van der Waals surface area contributed by atoms with E-state index >= 15 is 0 Å². The molecule has 3 amide bonds. The van der Waals surface area contributed by atoms with Crippen LogP contribution in [0.5, 0.6) is 5.75 Å². The summed E-state index contributed by atoms with van der Waals surface area (Å²) < 4.78 is 5.54. The van der Waals surface area contributed by atoms with Gasteiger partial charge in [0.15, 0.2) is 6.61 Å². The minimum atomic E-state index is -0.0260. The maximum absolute atomic E-state index is 12.4. The Balaban J connectivity index is 1.44. The molecule has 1 heterocycles. The van der Waals surface area contributed by atoms with Crippen molar-refractivity contribution < 1.29 is 14.3 Å². The van der Waals surface area contributed by atoms with Crippen molar-refractivity contribution in [2.24, 2.45) is 0 Å². The Hall–Kier alpha value is -2.24. The predicted octanol–water partition coefficient (Wildman–Crippen LogP) is 2.25. The van der Waals surface area contributed by atoms with Crippen molar-refractivity contribution in [3.63, 3.8) is 0 Å². The summed E-state index contributed by atoms with van der Waals surface area (Å²) in [6.07, 6.45) is 5.38. The smallest absolute Gasteiger partial charge is 0.317 e. The zero-order valence-electron chi connectivity index (χ0n) is 14.7. The van der Waals surface area contributed by atoms with Gasteiger partial charge in [0.1, 0.15) is 5.75 Å². The average Bonchev–Trinajstić information content (AvgIpc) is 3.01. The summed E-state index contributed by atoms with van der Waals surface area (Å²) in [5.74, 6) is 0.671. The number of benzene rings is 1. The molecule has 0 unspecified atom stereocenters.